The second-order valence-electron chi connectivity index (χ2n) is 8.65. The van der Waals surface area contributed by atoms with Crippen molar-refractivity contribution in [2.24, 2.45) is 0 Å². The molecule has 0 bridgehead atoms. The summed E-state index contributed by atoms with van der Waals surface area (Å²) in [6, 6.07) is 20.0. The smallest absolute Gasteiger partial charge is 0.223 e. The highest BCUT2D eigenvalue weighted by atomic mass is 32.1. The number of fused-ring (bicyclic) bond motifs is 3. The van der Waals surface area contributed by atoms with Gasteiger partial charge < -0.3 is 9.64 Å². The fourth-order valence-electron chi connectivity index (χ4n) is 4.59. The van der Waals surface area contributed by atoms with E-state index in [0.29, 0.717) is 25.9 Å². The van der Waals surface area contributed by atoms with Crippen LogP contribution in [0.3, 0.4) is 0 Å². The molecule has 0 saturated heterocycles. The molecule has 0 aliphatic heterocycles. The van der Waals surface area contributed by atoms with Gasteiger partial charge in [0.1, 0.15) is 5.75 Å². The van der Waals surface area contributed by atoms with E-state index in [-0.39, 0.29) is 5.91 Å². The van der Waals surface area contributed by atoms with Crippen molar-refractivity contribution in [2.45, 2.75) is 39.8 Å². The fourth-order valence-corrected chi connectivity index (χ4v) is 5.31. The van der Waals surface area contributed by atoms with Crippen LogP contribution in [0.5, 0.6) is 5.75 Å². The zero-order valence-electron chi connectivity index (χ0n) is 20.2. The van der Waals surface area contributed by atoms with Gasteiger partial charge in [-0.25, -0.2) is 9.50 Å². The Labute approximate surface area is 208 Å². The molecule has 0 N–H and O–H groups in total. The molecular formula is C28H28N4O2S. The normalized spacial score (nSPS) is 11.3. The van der Waals surface area contributed by atoms with Crippen LogP contribution in [-0.4, -0.2) is 32.5 Å². The monoisotopic (exact) mass is 484 g/mol. The molecule has 6 nitrogen and oxygen atoms in total. The van der Waals surface area contributed by atoms with Crippen LogP contribution in [0.1, 0.15) is 33.8 Å². The third-order valence-corrected chi connectivity index (χ3v) is 7.30. The van der Waals surface area contributed by atoms with Gasteiger partial charge in [-0.1, -0.05) is 36.4 Å². The van der Waals surface area contributed by atoms with Crippen LogP contribution in [0.15, 0.2) is 66.0 Å². The first-order valence-electron chi connectivity index (χ1n) is 11.7. The minimum Gasteiger partial charge on any atom is -0.496 e. The molecule has 3 aromatic heterocycles. The average Bonchev–Trinajstić information content (AvgIpc) is 3.52. The van der Waals surface area contributed by atoms with Crippen LogP contribution < -0.4 is 4.74 Å². The van der Waals surface area contributed by atoms with Crippen molar-refractivity contribution >= 4 is 33.8 Å². The Morgan fingerprint density at radius 3 is 2.63 bits per heavy atom. The van der Waals surface area contributed by atoms with Gasteiger partial charge in [0.05, 0.1) is 19.2 Å². The zero-order valence-corrected chi connectivity index (χ0v) is 21.0. The van der Waals surface area contributed by atoms with Crippen molar-refractivity contribution in [1.29, 1.82) is 0 Å². The zero-order chi connectivity index (χ0) is 24.4. The molecule has 0 unspecified atom stereocenters. The number of aryl methyl sites for hydroxylation is 2. The van der Waals surface area contributed by atoms with Crippen LogP contribution in [-0.2, 0) is 24.3 Å². The van der Waals surface area contributed by atoms with E-state index in [1.807, 2.05) is 76.3 Å². The lowest BCUT2D eigenvalue weighted by Crippen LogP contribution is -2.30. The molecule has 0 fully saturated rings. The number of thiophene rings is 1. The summed E-state index contributed by atoms with van der Waals surface area (Å²) in [5.74, 6) is 0.900. The Bertz CT molecular complexity index is 1490. The quantitative estimate of drug-likeness (QED) is 0.282. The number of carbonyl (C=O) groups excluding carboxylic acids is 1. The molecule has 0 saturated carbocycles. The first-order chi connectivity index (χ1) is 17.0. The predicted octanol–water partition coefficient (Wildman–Crippen LogP) is 5.73. The topological polar surface area (TPSA) is 59.7 Å². The molecule has 0 aliphatic carbocycles. The Kier molecular flexibility index (Phi) is 6.51. The highest BCUT2D eigenvalue weighted by molar-refractivity contribution is 7.09. The van der Waals surface area contributed by atoms with Gasteiger partial charge in [-0.15, -0.1) is 11.3 Å². The molecule has 178 valence electrons. The summed E-state index contributed by atoms with van der Waals surface area (Å²) >= 11 is 1.67. The molecule has 0 aliphatic rings. The van der Waals surface area contributed by atoms with Gasteiger partial charge in [-0.2, -0.15) is 5.10 Å². The number of methoxy groups -OCH3 is 1. The number of amides is 1. The third-order valence-electron chi connectivity index (χ3n) is 6.44. The van der Waals surface area contributed by atoms with Gasteiger partial charge in [-0.05, 0) is 55.5 Å². The Hall–Kier alpha value is -3.71. The van der Waals surface area contributed by atoms with E-state index in [1.54, 1.807) is 18.4 Å². The first kappa shape index (κ1) is 23.1. The fraction of sp³-hybridized carbons (Fsp3) is 0.250. The molecular weight excluding hydrogens is 456 g/mol. The van der Waals surface area contributed by atoms with Crippen LogP contribution in [0.2, 0.25) is 0 Å². The van der Waals surface area contributed by atoms with Gasteiger partial charge >= 0.3 is 0 Å². The number of nitrogens with zero attached hydrogens (tertiary/aromatic N) is 4. The number of rotatable bonds is 8. The number of hydrogen-bond donors (Lipinski definition) is 0. The lowest BCUT2D eigenvalue weighted by atomic mass is 10.1. The van der Waals surface area contributed by atoms with Crippen molar-refractivity contribution in [3.05, 3.63) is 93.4 Å². The van der Waals surface area contributed by atoms with Crippen molar-refractivity contribution < 1.29 is 9.53 Å². The van der Waals surface area contributed by atoms with E-state index in [4.69, 9.17) is 14.8 Å². The molecule has 7 heteroatoms. The van der Waals surface area contributed by atoms with Crippen LogP contribution >= 0.6 is 11.3 Å². The average molecular weight is 485 g/mol. The van der Waals surface area contributed by atoms with E-state index >= 15 is 0 Å². The highest BCUT2D eigenvalue weighted by Gasteiger charge is 2.20. The second kappa shape index (κ2) is 9.88. The highest BCUT2D eigenvalue weighted by Crippen LogP contribution is 2.25. The van der Waals surface area contributed by atoms with Crippen molar-refractivity contribution in [2.75, 3.05) is 7.11 Å². The van der Waals surface area contributed by atoms with Gasteiger partial charge in [0.15, 0.2) is 5.65 Å². The predicted molar refractivity (Wildman–Crippen MR) is 140 cm³/mol. The van der Waals surface area contributed by atoms with Gasteiger partial charge in [0.25, 0.3) is 0 Å². The summed E-state index contributed by atoms with van der Waals surface area (Å²) in [4.78, 5) is 21.5. The molecule has 0 spiro atoms. The summed E-state index contributed by atoms with van der Waals surface area (Å²) in [5, 5.41) is 7.84. The minimum atomic E-state index is 0.105. The first-order valence-corrected chi connectivity index (χ1v) is 12.6. The van der Waals surface area contributed by atoms with E-state index in [2.05, 4.69) is 13.0 Å². The number of carbonyl (C=O) groups is 1. The van der Waals surface area contributed by atoms with Gasteiger partial charge in [-0.3, -0.25) is 4.79 Å². The molecule has 0 radical (unpaired) electrons. The number of aromatic nitrogens is 3. The van der Waals surface area contributed by atoms with E-state index < -0.39 is 0 Å². The van der Waals surface area contributed by atoms with Gasteiger partial charge in [0, 0.05) is 40.2 Å². The van der Waals surface area contributed by atoms with Crippen LogP contribution in [0.25, 0.3) is 16.6 Å². The van der Waals surface area contributed by atoms with Crippen molar-refractivity contribution in [3.63, 3.8) is 0 Å². The molecule has 2 aromatic carbocycles. The molecule has 3 heterocycles. The SMILES string of the molecule is COc1ccccc1CN(Cc1cccs1)C(=O)CCc1c(C)nc2c3ccccc3nn2c1C. The lowest BCUT2D eigenvalue weighted by Gasteiger charge is -2.24. The summed E-state index contributed by atoms with van der Waals surface area (Å²) < 4.78 is 7.45. The minimum absolute atomic E-state index is 0.105. The molecule has 5 aromatic rings. The Balaban J connectivity index is 1.40. The number of benzene rings is 2. The van der Waals surface area contributed by atoms with Crippen LogP contribution in [0.4, 0.5) is 0 Å². The molecule has 5 rings (SSSR count). The number of ether oxygens (including phenoxy) is 1. The molecule has 0 atom stereocenters. The maximum atomic E-state index is 13.5. The summed E-state index contributed by atoms with van der Waals surface area (Å²) in [6.07, 6.45) is 1.01. The number of hydrogen-bond acceptors (Lipinski definition) is 5. The Morgan fingerprint density at radius 2 is 1.83 bits per heavy atom. The van der Waals surface area contributed by atoms with Crippen molar-refractivity contribution in [3.8, 4) is 5.75 Å². The van der Waals surface area contributed by atoms with E-state index in [0.717, 1.165) is 49.7 Å². The van der Waals surface area contributed by atoms with Crippen molar-refractivity contribution in [1.82, 2.24) is 19.5 Å². The molecule has 1 amide bonds. The maximum Gasteiger partial charge on any atom is 0.223 e. The maximum absolute atomic E-state index is 13.5. The largest absolute Gasteiger partial charge is 0.496 e. The lowest BCUT2D eigenvalue weighted by molar-refractivity contribution is -0.132. The standard InChI is InChI=1S/C28H28N4O2S/c1-19-23(20(2)32-28(29-19)24-11-5-6-12-25(24)30-32)14-15-27(33)31(18-22-10-8-16-35-22)17-21-9-4-7-13-26(21)34-3/h4-13,16H,14-15,17-18H2,1-3H3. The van der Waals surface area contributed by atoms with Crippen LogP contribution in [0, 0.1) is 13.8 Å². The third kappa shape index (κ3) is 4.64. The van der Waals surface area contributed by atoms with E-state index in [9.17, 15) is 4.79 Å². The van der Waals surface area contributed by atoms with Gasteiger partial charge in [0.2, 0.25) is 5.91 Å². The second-order valence-corrected chi connectivity index (χ2v) is 9.69. The summed E-state index contributed by atoms with van der Waals surface area (Å²) in [7, 11) is 1.66. The number of para-hydroxylation sites is 1. The summed E-state index contributed by atoms with van der Waals surface area (Å²) in [5.41, 5.74) is 5.84. The Morgan fingerprint density at radius 1 is 1.03 bits per heavy atom. The molecule has 35 heavy (non-hydrogen) atoms. The van der Waals surface area contributed by atoms with E-state index in [1.165, 1.54) is 0 Å². The summed E-state index contributed by atoms with van der Waals surface area (Å²) in [6.45, 7) is 5.16.